The van der Waals surface area contributed by atoms with E-state index in [9.17, 15) is 0 Å². The van der Waals surface area contributed by atoms with E-state index in [4.69, 9.17) is 0 Å². The molecule has 6 aromatic carbocycles. The summed E-state index contributed by atoms with van der Waals surface area (Å²) in [7, 11) is 0. The van der Waals surface area contributed by atoms with Gasteiger partial charge in [-0.25, -0.2) is 0 Å². The van der Waals surface area contributed by atoms with Gasteiger partial charge in [-0.15, -0.1) is 0 Å². The van der Waals surface area contributed by atoms with E-state index < -0.39 is 0 Å². The maximum absolute atomic E-state index is 3.49. The quantitative estimate of drug-likeness (QED) is 0.264. The zero-order valence-corrected chi connectivity index (χ0v) is 20.9. The van der Waals surface area contributed by atoms with Gasteiger partial charge in [0, 0.05) is 11.4 Å². The molecule has 0 bridgehead atoms. The van der Waals surface area contributed by atoms with Crippen LogP contribution in [0.25, 0.3) is 33.4 Å². The second-order valence-corrected chi connectivity index (χ2v) is 10.2. The Morgan fingerprint density at radius 1 is 0.342 bits per heavy atom. The molecule has 1 heteroatoms. The maximum Gasteiger partial charge on any atom is 0.0725 e. The third-order valence-corrected chi connectivity index (χ3v) is 8.28. The number of fused-ring (bicyclic) bond motifs is 10. The van der Waals surface area contributed by atoms with Crippen LogP contribution in [-0.4, -0.2) is 0 Å². The summed E-state index contributed by atoms with van der Waals surface area (Å²) in [6.45, 7) is 0. The van der Waals surface area contributed by atoms with Gasteiger partial charge in [-0.1, -0.05) is 115 Å². The first kappa shape index (κ1) is 21.2. The van der Waals surface area contributed by atoms with Gasteiger partial charge in [0.05, 0.1) is 5.41 Å². The molecule has 0 aromatic heterocycles. The minimum atomic E-state index is -0.277. The third-order valence-electron chi connectivity index (χ3n) is 8.28. The number of rotatable bonds is 3. The summed E-state index contributed by atoms with van der Waals surface area (Å²) in [5.41, 5.74) is 15.2. The van der Waals surface area contributed by atoms with Crippen LogP contribution in [0.15, 0.2) is 146 Å². The molecule has 0 heterocycles. The molecule has 8 rings (SSSR count). The van der Waals surface area contributed by atoms with Crippen LogP contribution in [0.5, 0.6) is 0 Å². The summed E-state index contributed by atoms with van der Waals surface area (Å²) in [5, 5.41) is 3.49. The molecule has 2 aliphatic rings. The number of hydrogen-bond acceptors (Lipinski definition) is 1. The first-order chi connectivity index (χ1) is 18.8. The average molecular weight is 484 g/mol. The highest BCUT2D eigenvalue weighted by atomic mass is 14.9. The lowest BCUT2D eigenvalue weighted by atomic mass is 9.70. The van der Waals surface area contributed by atoms with Gasteiger partial charge in [-0.05, 0) is 86.0 Å². The predicted molar refractivity (Wildman–Crippen MR) is 158 cm³/mol. The van der Waals surface area contributed by atoms with E-state index in [1.54, 1.807) is 0 Å². The predicted octanol–water partition coefficient (Wildman–Crippen LogP) is 9.44. The summed E-state index contributed by atoms with van der Waals surface area (Å²) in [4.78, 5) is 0. The molecule has 0 atom stereocenters. The van der Waals surface area contributed by atoms with Crippen LogP contribution in [0.4, 0.5) is 11.4 Å². The second-order valence-electron chi connectivity index (χ2n) is 10.2. The van der Waals surface area contributed by atoms with Gasteiger partial charge in [0.2, 0.25) is 0 Å². The fourth-order valence-corrected chi connectivity index (χ4v) is 6.71. The number of benzene rings is 6. The molecule has 0 radical (unpaired) electrons. The van der Waals surface area contributed by atoms with Crippen LogP contribution in [-0.2, 0) is 5.41 Å². The third kappa shape index (κ3) is 2.87. The Bertz CT molecular complexity index is 1780. The highest BCUT2D eigenvalue weighted by molar-refractivity contribution is 5.96. The number of hydrogen-bond donors (Lipinski definition) is 1. The van der Waals surface area contributed by atoms with E-state index in [0.29, 0.717) is 0 Å². The molecular weight excluding hydrogens is 458 g/mol. The van der Waals surface area contributed by atoms with E-state index in [-0.39, 0.29) is 5.41 Å². The smallest absolute Gasteiger partial charge is 0.0725 e. The molecule has 0 fully saturated rings. The minimum Gasteiger partial charge on any atom is -0.356 e. The molecule has 1 spiro atoms. The van der Waals surface area contributed by atoms with E-state index in [1.807, 2.05) is 18.2 Å². The first-order valence-electron chi connectivity index (χ1n) is 13.2. The van der Waals surface area contributed by atoms with Crippen molar-refractivity contribution in [3.8, 4) is 33.4 Å². The number of nitrogens with one attached hydrogen (secondary N) is 1. The van der Waals surface area contributed by atoms with Crippen LogP contribution in [0.2, 0.25) is 0 Å². The van der Waals surface area contributed by atoms with Gasteiger partial charge in [0.15, 0.2) is 0 Å². The lowest BCUT2D eigenvalue weighted by Crippen LogP contribution is -2.25. The zero-order chi connectivity index (χ0) is 25.1. The van der Waals surface area contributed by atoms with Crippen molar-refractivity contribution in [2.45, 2.75) is 5.41 Å². The molecule has 0 saturated carbocycles. The van der Waals surface area contributed by atoms with Crippen molar-refractivity contribution in [3.05, 3.63) is 168 Å². The normalized spacial score (nSPS) is 13.5. The summed E-state index contributed by atoms with van der Waals surface area (Å²) in [6.07, 6.45) is 0. The average Bonchev–Trinajstić information content (AvgIpc) is 3.45. The van der Waals surface area contributed by atoms with Crippen molar-refractivity contribution in [2.75, 3.05) is 5.32 Å². The Balaban J connectivity index is 1.28. The Hall–Kier alpha value is -4.88. The van der Waals surface area contributed by atoms with Gasteiger partial charge in [0.25, 0.3) is 0 Å². The fourth-order valence-electron chi connectivity index (χ4n) is 6.71. The molecular formula is C37H25N. The van der Waals surface area contributed by atoms with Crippen molar-refractivity contribution < 1.29 is 0 Å². The molecule has 6 aromatic rings. The molecule has 2 aliphatic carbocycles. The Kier molecular flexibility index (Phi) is 4.50. The van der Waals surface area contributed by atoms with Gasteiger partial charge < -0.3 is 5.32 Å². The maximum atomic E-state index is 3.49. The molecule has 1 N–H and O–H groups in total. The summed E-state index contributed by atoms with van der Waals surface area (Å²) in [5.74, 6) is 0. The highest BCUT2D eigenvalue weighted by Gasteiger charge is 2.51. The molecule has 0 amide bonds. The van der Waals surface area contributed by atoms with Gasteiger partial charge in [-0.3, -0.25) is 0 Å². The molecule has 1 nitrogen and oxygen atoms in total. The topological polar surface area (TPSA) is 12.0 Å². The van der Waals surface area contributed by atoms with Crippen LogP contribution in [0, 0.1) is 0 Å². The minimum absolute atomic E-state index is 0.277. The monoisotopic (exact) mass is 483 g/mol. The Labute approximate surface area is 223 Å². The Morgan fingerprint density at radius 3 is 1.39 bits per heavy atom. The zero-order valence-electron chi connectivity index (χ0n) is 20.9. The second kappa shape index (κ2) is 8.06. The lowest BCUT2D eigenvalue weighted by molar-refractivity contribution is 0.794. The standard InChI is InChI=1S/C37H25N/c1-2-10-27(11-3-1)38-28-21-18-25(19-22-28)26-20-23-36-32(24-26)31-14-6-9-17-35(31)37(36)33-15-7-4-12-29(33)30-13-5-8-16-34(30)37/h1-24,38H. The molecule has 178 valence electrons. The lowest BCUT2D eigenvalue weighted by Gasteiger charge is -2.30. The summed E-state index contributed by atoms with van der Waals surface area (Å²) >= 11 is 0. The molecule has 38 heavy (non-hydrogen) atoms. The number of para-hydroxylation sites is 1. The van der Waals surface area contributed by atoms with Crippen LogP contribution >= 0.6 is 0 Å². The van der Waals surface area contributed by atoms with E-state index in [1.165, 1.54) is 55.6 Å². The number of anilines is 2. The first-order valence-corrected chi connectivity index (χ1v) is 13.2. The van der Waals surface area contributed by atoms with Gasteiger partial charge >= 0.3 is 0 Å². The van der Waals surface area contributed by atoms with Crippen molar-refractivity contribution in [1.29, 1.82) is 0 Å². The van der Waals surface area contributed by atoms with Crippen LogP contribution < -0.4 is 5.32 Å². The van der Waals surface area contributed by atoms with Crippen molar-refractivity contribution >= 4 is 11.4 Å². The molecule has 0 unspecified atom stereocenters. The van der Waals surface area contributed by atoms with Crippen LogP contribution in [0.3, 0.4) is 0 Å². The largest absolute Gasteiger partial charge is 0.356 e. The van der Waals surface area contributed by atoms with Gasteiger partial charge in [0.1, 0.15) is 0 Å². The fraction of sp³-hybridized carbons (Fsp3) is 0.0270. The van der Waals surface area contributed by atoms with Crippen molar-refractivity contribution in [3.63, 3.8) is 0 Å². The summed E-state index contributed by atoms with van der Waals surface area (Å²) in [6, 6.07) is 53.0. The van der Waals surface area contributed by atoms with Crippen molar-refractivity contribution in [2.24, 2.45) is 0 Å². The highest BCUT2D eigenvalue weighted by Crippen LogP contribution is 2.62. The van der Waals surface area contributed by atoms with Crippen molar-refractivity contribution in [1.82, 2.24) is 0 Å². The Morgan fingerprint density at radius 2 is 0.789 bits per heavy atom. The molecule has 0 aliphatic heterocycles. The van der Waals surface area contributed by atoms with Crippen LogP contribution in [0.1, 0.15) is 22.3 Å². The SMILES string of the molecule is c1ccc(Nc2ccc(-c3ccc4c(c3)-c3ccccc3C43c4ccccc4-c4ccccc43)cc2)cc1. The van der Waals surface area contributed by atoms with E-state index >= 15 is 0 Å². The summed E-state index contributed by atoms with van der Waals surface area (Å²) < 4.78 is 0. The van der Waals surface area contributed by atoms with E-state index in [2.05, 4.69) is 133 Å². The molecule has 0 saturated heterocycles. The van der Waals surface area contributed by atoms with E-state index in [0.717, 1.165) is 11.4 Å². The van der Waals surface area contributed by atoms with Gasteiger partial charge in [-0.2, -0.15) is 0 Å².